The third-order valence-corrected chi connectivity index (χ3v) is 5.23. The lowest BCUT2D eigenvalue weighted by atomic mass is 10.0. The molecule has 0 bridgehead atoms. The quantitative estimate of drug-likeness (QED) is 0.271. The molecule has 0 fully saturated rings. The molecule has 0 saturated carbocycles. The molecule has 4 aromatic rings. The summed E-state index contributed by atoms with van der Waals surface area (Å²) < 4.78 is 1.18. The van der Waals surface area contributed by atoms with Crippen LogP contribution in [-0.2, 0) is 11.3 Å². The van der Waals surface area contributed by atoms with E-state index in [0.29, 0.717) is 23.2 Å². The Kier molecular flexibility index (Phi) is 5.51. The molecule has 4 rings (SSSR count). The summed E-state index contributed by atoms with van der Waals surface area (Å²) in [5.74, 6) is -0.688. The van der Waals surface area contributed by atoms with Crippen molar-refractivity contribution in [2.24, 2.45) is 0 Å². The normalized spacial score (nSPS) is 10.7. The van der Waals surface area contributed by atoms with Gasteiger partial charge in [0.25, 0.3) is 5.91 Å². The summed E-state index contributed by atoms with van der Waals surface area (Å²) in [6.07, 6.45) is 1.77. The highest BCUT2D eigenvalue weighted by molar-refractivity contribution is 6.45. The highest BCUT2D eigenvalue weighted by Gasteiger charge is 2.17. The first kappa shape index (κ1) is 20.3. The second kappa shape index (κ2) is 8.41. The van der Waals surface area contributed by atoms with E-state index in [-0.39, 0.29) is 28.6 Å². The average molecular weight is 433 g/mol. The molecule has 3 aromatic carbocycles. The van der Waals surface area contributed by atoms with Gasteiger partial charge in [-0.15, -0.1) is 5.10 Å². The molecule has 0 spiro atoms. The minimum atomic E-state index is -0.674. The third-order valence-electron chi connectivity index (χ3n) is 4.84. The number of nitrogens with one attached hydrogen (secondary N) is 1. The number of hydrogen-bond acceptors (Lipinski definition) is 6. The van der Waals surface area contributed by atoms with Crippen molar-refractivity contribution in [1.29, 1.82) is 0 Å². The molecular formula is C23H17ClN4O3. The van der Waals surface area contributed by atoms with Gasteiger partial charge >= 0.3 is 0 Å². The van der Waals surface area contributed by atoms with E-state index in [1.165, 1.54) is 10.9 Å². The lowest BCUT2D eigenvalue weighted by Crippen LogP contribution is -2.13. The molecule has 31 heavy (non-hydrogen) atoms. The number of halogens is 1. The number of aldehydes is 1. The van der Waals surface area contributed by atoms with Gasteiger partial charge in [0.15, 0.2) is 6.29 Å². The molecule has 0 radical (unpaired) electrons. The monoisotopic (exact) mass is 432 g/mol. The molecule has 3 N–H and O–H groups in total. The number of carbonyl (C=O) groups excluding carboxylic acids is 3. The summed E-state index contributed by atoms with van der Waals surface area (Å²) in [5, 5.41) is 8.73. The number of anilines is 2. The van der Waals surface area contributed by atoms with Gasteiger partial charge in [-0.25, -0.2) is 4.68 Å². The largest absolute Gasteiger partial charge is 0.382 e. The summed E-state index contributed by atoms with van der Waals surface area (Å²) in [5.41, 5.74) is 7.63. The van der Waals surface area contributed by atoms with Crippen LogP contribution in [0, 0.1) is 0 Å². The summed E-state index contributed by atoms with van der Waals surface area (Å²) in [6, 6.07) is 17.6. The van der Waals surface area contributed by atoms with Gasteiger partial charge in [-0.3, -0.25) is 14.4 Å². The predicted octanol–water partition coefficient (Wildman–Crippen LogP) is 3.95. The molecule has 154 valence electrons. The second-order valence-electron chi connectivity index (χ2n) is 6.86. The van der Waals surface area contributed by atoms with Crippen molar-refractivity contribution in [2.45, 2.75) is 6.54 Å². The van der Waals surface area contributed by atoms with E-state index < -0.39 is 5.78 Å². The Morgan fingerprint density at radius 1 is 1.10 bits per heavy atom. The maximum atomic E-state index is 12.4. The number of hydrogen-bond donors (Lipinski definition) is 2. The Morgan fingerprint density at radius 2 is 1.84 bits per heavy atom. The molecule has 0 aliphatic rings. The highest BCUT2D eigenvalue weighted by Crippen LogP contribution is 2.34. The van der Waals surface area contributed by atoms with Crippen LogP contribution in [0.4, 0.5) is 11.5 Å². The van der Waals surface area contributed by atoms with Gasteiger partial charge in [0.05, 0.1) is 16.3 Å². The first-order valence-corrected chi connectivity index (χ1v) is 9.75. The zero-order chi connectivity index (χ0) is 22.0. The predicted molar refractivity (Wildman–Crippen MR) is 119 cm³/mol. The summed E-state index contributed by atoms with van der Waals surface area (Å²) in [6.45, 7) is 0.399. The molecule has 0 saturated heterocycles. The van der Waals surface area contributed by atoms with E-state index in [1.807, 2.05) is 18.2 Å². The van der Waals surface area contributed by atoms with Gasteiger partial charge in [-0.05, 0) is 34.5 Å². The molecule has 1 heterocycles. The van der Waals surface area contributed by atoms with E-state index >= 15 is 0 Å². The number of carbonyl (C=O) groups is 3. The van der Waals surface area contributed by atoms with Gasteiger partial charge < -0.3 is 11.1 Å². The molecule has 0 aliphatic carbocycles. The van der Waals surface area contributed by atoms with E-state index in [4.69, 9.17) is 17.3 Å². The van der Waals surface area contributed by atoms with Crippen LogP contribution in [0.5, 0.6) is 0 Å². The van der Waals surface area contributed by atoms with Crippen LogP contribution < -0.4 is 11.1 Å². The number of rotatable bonds is 6. The molecule has 0 atom stereocenters. The highest BCUT2D eigenvalue weighted by atomic mass is 35.5. The summed E-state index contributed by atoms with van der Waals surface area (Å²) >= 11 is 6.46. The topological polar surface area (TPSA) is 107 Å². The maximum absolute atomic E-state index is 12.4. The standard InChI is InChI=1S/C23H17ClN4O3/c24-22-18(11-16-3-1-2-4-17(16)21(22)19(30)13-29)26-12-14-5-7-15(8-6-14)23(31)28-10-9-20(25)27-28/h1-11,13,26H,12H2,(H2,25,27). The molecule has 0 unspecified atom stereocenters. The Bertz CT molecular complexity index is 1310. The molecule has 8 heteroatoms. The zero-order valence-corrected chi connectivity index (χ0v) is 17.0. The van der Waals surface area contributed by atoms with Crippen LogP contribution in [0.15, 0.2) is 66.9 Å². The van der Waals surface area contributed by atoms with E-state index in [0.717, 1.165) is 10.9 Å². The van der Waals surface area contributed by atoms with E-state index in [2.05, 4.69) is 10.4 Å². The number of nitrogens with zero attached hydrogens (tertiary/aromatic N) is 2. The summed E-state index contributed by atoms with van der Waals surface area (Å²) in [4.78, 5) is 35.7. The number of nitrogen functional groups attached to an aromatic ring is 1. The number of fused-ring (bicyclic) bond motifs is 1. The number of nitrogens with two attached hydrogens (primary N) is 1. The minimum Gasteiger partial charge on any atom is -0.382 e. The van der Waals surface area contributed by atoms with Gasteiger partial charge in [0.2, 0.25) is 5.78 Å². The van der Waals surface area contributed by atoms with Crippen LogP contribution in [0.1, 0.15) is 26.3 Å². The third kappa shape index (κ3) is 4.04. The number of ketones is 1. The van der Waals surface area contributed by atoms with Crippen molar-refractivity contribution in [3.05, 3.63) is 88.6 Å². The molecular weight excluding hydrogens is 416 g/mol. The van der Waals surface area contributed by atoms with Gasteiger partial charge in [0.1, 0.15) is 5.82 Å². The Hall–Kier alpha value is -3.97. The van der Waals surface area contributed by atoms with Crippen LogP contribution >= 0.6 is 11.6 Å². The van der Waals surface area contributed by atoms with Crippen molar-refractivity contribution in [3.63, 3.8) is 0 Å². The fourth-order valence-electron chi connectivity index (χ4n) is 3.30. The van der Waals surface area contributed by atoms with Crippen molar-refractivity contribution in [1.82, 2.24) is 9.78 Å². The van der Waals surface area contributed by atoms with Gasteiger partial charge in [-0.1, -0.05) is 48.0 Å². The summed E-state index contributed by atoms with van der Waals surface area (Å²) in [7, 11) is 0. The minimum absolute atomic E-state index is 0.178. The number of Topliss-reactive ketones (excluding diaryl/α,β-unsaturated/α-hetero) is 1. The van der Waals surface area contributed by atoms with Crippen molar-refractivity contribution in [2.75, 3.05) is 11.1 Å². The van der Waals surface area contributed by atoms with Gasteiger partial charge in [-0.2, -0.15) is 0 Å². The molecule has 0 aliphatic heterocycles. The van der Waals surface area contributed by atoms with Crippen molar-refractivity contribution in [3.8, 4) is 0 Å². The van der Waals surface area contributed by atoms with Crippen LogP contribution in [0.2, 0.25) is 5.02 Å². The first-order chi connectivity index (χ1) is 15.0. The maximum Gasteiger partial charge on any atom is 0.278 e. The Labute approximate surface area is 182 Å². The van der Waals surface area contributed by atoms with Crippen LogP contribution in [0.3, 0.4) is 0 Å². The average Bonchev–Trinajstić information content (AvgIpc) is 3.23. The zero-order valence-electron chi connectivity index (χ0n) is 16.2. The second-order valence-corrected chi connectivity index (χ2v) is 7.24. The lowest BCUT2D eigenvalue weighted by molar-refractivity contribution is -0.104. The van der Waals surface area contributed by atoms with Gasteiger partial charge in [0, 0.05) is 24.4 Å². The number of benzene rings is 3. The first-order valence-electron chi connectivity index (χ1n) is 9.37. The fourth-order valence-corrected chi connectivity index (χ4v) is 3.61. The van der Waals surface area contributed by atoms with E-state index in [1.54, 1.807) is 42.5 Å². The smallest absolute Gasteiger partial charge is 0.278 e. The van der Waals surface area contributed by atoms with Crippen molar-refractivity contribution >= 4 is 51.9 Å². The lowest BCUT2D eigenvalue weighted by Gasteiger charge is -2.14. The van der Waals surface area contributed by atoms with Crippen LogP contribution in [-0.4, -0.2) is 27.8 Å². The molecule has 0 amide bonds. The number of aromatic nitrogens is 2. The van der Waals surface area contributed by atoms with Crippen molar-refractivity contribution < 1.29 is 14.4 Å². The fraction of sp³-hybridized carbons (Fsp3) is 0.0435. The van der Waals surface area contributed by atoms with Crippen LogP contribution in [0.25, 0.3) is 10.8 Å². The Morgan fingerprint density at radius 3 is 2.52 bits per heavy atom. The van der Waals surface area contributed by atoms with E-state index in [9.17, 15) is 14.4 Å². The molecule has 1 aromatic heterocycles. The molecule has 7 nitrogen and oxygen atoms in total. The Balaban J connectivity index is 1.56. The SMILES string of the molecule is Nc1ccn(C(=O)c2ccc(CNc3cc4ccccc4c(C(=O)C=O)c3Cl)cc2)n1.